The largest absolute Gasteiger partial charge is 0.504 e. The molecule has 4 heteroatoms. The molecular weight excluding hydrogens is 232 g/mol. The fourth-order valence-electron chi connectivity index (χ4n) is 1.64. The zero-order valence-corrected chi connectivity index (χ0v) is 9.72. The summed E-state index contributed by atoms with van der Waals surface area (Å²) in [5.41, 5.74) is 1.63. The lowest BCUT2D eigenvalue weighted by molar-refractivity contribution is -0.667. The van der Waals surface area contributed by atoms with Crippen molar-refractivity contribution in [1.29, 1.82) is 0 Å². The van der Waals surface area contributed by atoms with Crippen molar-refractivity contribution in [2.24, 2.45) is 0 Å². The standard InChI is InChI=1S/C13H9N2OS/c16-13-15(10-6-2-1-3-7-10)14-11-8-4-5-9-12(11)17-13/h1-9H/q+1. The normalized spacial score (nSPS) is 10.6. The number of hydrogen-bond acceptors (Lipinski definition) is 3. The van der Waals surface area contributed by atoms with Gasteiger partial charge in [-0.25, -0.2) is 4.79 Å². The first-order valence-electron chi connectivity index (χ1n) is 5.22. The van der Waals surface area contributed by atoms with Crippen LogP contribution in [0.4, 0.5) is 0 Å². The minimum Gasteiger partial charge on any atom is -0.200 e. The van der Waals surface area contributed by atoms with Crippen molar-refractivity contribution in [3.8, 4) is 5.69 Å². The second-order valence-electron chi connectivity index (χ2n) is 3.58. The Bertz CT molecular complexity index is 722. The fourth-order valence-corrected chi connectivity index (χ4v) is 2.43. The molecular formula is C13H9N2OS+. The van der Waals surface area contributed by atoms with Gasteiger partial charge in [0.15, 0.2) is 0 Å². The summed E-state index contributed by atoms with van der Waals surface area (Å²) >= 11 is 1.21. The van der Waals surface area contributed by atoms with Crippen molar-refractivity contribution in [1.82, 2.24) is 5.10 Å². The Morgan fingerprint density at radius 2 is 1.65 bits per heavy atom. The molecule has 3 aromatic rings. The molecule has 0 aliphatic heterocycles. The van der Waals surface area contributed by atoms with Gasteiger partial charge in [-0.1, -0.05) is 30.3 Å². The summed E-state index contributed by atoms with van der Waals surface area (Å²) in [6, 6.07) is 17.1. The molecule has 1 heterocycles. The van der Waals surface area contributed by atoms with Gasteiger partial charge < -0.3 is 0 Å². The summed E-state index contributed by atoms with van der Waals surface area (Å²) in [4.78, 5) is 11.9. The van der Waals surface area contributed by atoms with Crippen molar-refractivity contribution in [3.05, 3.63) is 64.3 Å². The maximum absolute atomic E-state index is 12.0. The molecule has 0 N–H and O–H groups in total. The molecule has 0 radical (unpaired) electrons. The smallest absolute Gasteiger partial charge is 0.200 e. The molecule has 1 aromatic heterocycles. The fraction of sp³-hybridized carbons (Fsp3) is 0. The molecule has 2 aromatic carbocycles. The van der Waals surface area contributed by atoms with Gasteiger partial charge in [0.05, 0.1) is 4.70 Å². The molecule has 0 unspecified atom stereocenters. The maximum atomic E-state index is 12.0. The number of benzene rings is 2. The van der Waals surface area contributed by atoms with E-state index in [1.807, 2.05) is 54.6 Å². The summed E-state index contributed by atoms with van der Waals surface area (Å²) in [6.07, 6.45) is 0. The first-order chi connectivity index (χ1) is 8.34. The Balaban J connectivity index is 2.31. The molecule has 0 atom stereocenters. The van der Waals surface area contributed by atoms with Crippen molar-refractivity contribution in [2.75, 3.05) is 0 Å². The molecule has 0 saturated heterocycles. The van der Waals surface area contributed by atoms with Crippen LogP contribution < -0.4 is 9.55 Å². The number of fused-ring (bicyclic) bond motifs is 1. The van der Waals surface area contributed by atoms with E-state index in [4.69, 9.17) is 0 Å². The van der Waals surface area contributed by atoms with Crippen LogP contribution in [0.2, 0.25) is 0 Å². The van der Waals surface area contributed by atoms with Gasteiger partial charge in [-0.2, -0.15) is 0 Å². The summed E-state index contributed by atoms with van der Waals surface area (Å²) in [7, 11) is 0. The summed E-state index contributed by atoms with van der Waals surface area (Å²) in [5.74, 6) is 0. The van der Waals surface area contributed by atoms with Gasteiger partial charge in [0.2, 0.25) is 5.69 Å². The zero-order chi connectivity index (χ0) is 11.7. The lowest BCUT2D eigenvalue weighted by atomic mass is 10.3. The highest BCUT2D eigenvalue weighted by Crippen LogP contribution is 2.10. The summed E-state index contributed by atoms with van der Waals surface area (Å²) in [6.45, 7) is 0. The monoisotopic (exact) mass is 241 g/mol. The van der Waals surface area contributed by atoms with E-state index in [1.54, 1.807) is 0 Å². The Hall–Kier alpha value is -2.07. The molecule has 3 rings (SSSR count). The zero-order valence-electron chi connectivity index (χ0n) is 8.91. The lowest BCUT2D eigenvalue weighted by Crippen LogP contribution is -2.49. The van der Waals surface area contributed by atoms with Crippen LogP contribution >= 0.6 is 11.3 Å². The molecule has 0 amide bonds. The quantitative estimate of drug-likeness (QED) is 0.610. The van der Waals surface area contributed by atoms with Gasteiger partial charge in [-0.05, 0) is 23.5 Å². The molecule has 0 spiro atoms. The van der Waals surface area contributed by atoms with Crippen LogP contribution in [-0.4, -0.2) is 5.10 Å². The maximum Gasteiger partial charge on any atom is 0.504 e. The molecule has 0 aliphatic rings. The number of rotatable bonds is 1. The van der Waals surface area contributed by atoms with Crippen LogP contribution in [0.3, 0.4) is 0 Å². The van der Waals surface area contributed by atoms with Gasteiger partial charge in [-0.3, -0.25) is 0 Å². The van der Waals surface area contributed by atoms with E-state index in [0.717, 1.165) is 15.9 Å². The molecule has 0 fully saturated rings. The highest BCUT2D eigenvalue weighted by atomic mass is 32.1. The van der Waals surface area contributed by atoms with E-state index in [9.17, 15) is 4.79 Å². The molecule has 0 aliphatic carbocycles. The second kappa shape index (κ2) is 4.07. The number of aromatic nitrogens is 2. The van der Waals surface area contributed by atoms with Gasteiger partial charge >= 0.3 is 4.87 Å². The van der Waals surface area contributed by atoms with E-state index in [-0.39, 0.29) is 4.87 Å². The Morgan fingerprint density at radius 1 is 0.941 bits per heavy atom. The van der Waals surface area contributed by atoms with Gasteiger partial charge in [0.25, 0.3) is 0 Å². The van der Waals surface area contributed by atoms with Gasteiger partial charge in [-0.15, -0.1) is 0 Å². The molecule has 17 heavy (non-hydrogen) atoms. The Morgan fingerprint density at radius 3 is 2.47 bits per heavy atom. The van der Waals surface area contributed by atoms with E-state index in [0.29, 0.717) is 0 Å². The van der Waals surface area contributed by atoms with Gasteiger partial charge in [0.1, 0.15) is 5.52 Å². The average molecular weight is 241 g/mol. The Labute approximate surface area is 102 Å². The third kappa shape index (κ3) is 1.83. The highest BCUT2D eigenvalue weighted by molar-refractivity contribution is 7.15. The van der Waals surface area contributed by atoms with Crippen molar-refractivity contribution in [3.63, 3.8) is 0 Å². The predicted octanol–water partition coefficient (Wildman–Crippen LogP) is 1.93. The second-order valence-corrected chi connectivity index (χ2v) is 4.58. The minimum atomic E-state index is -0.0742. The first-order valence-corrected chi connectivity index (χ1v) is 6.04. The van der Waals surface area contributed by atoms with Crippen LogP contribution in [0, 0.1) is 0 Å². The van der Waals surface area contributed by atoms with Crippen molar-refractivity contribution >= 4 is 21.6 Å². The predicted molar refractivity (Wildman–Crippen MR) is 67.4 cm³/mol. The van der Waals surface area contributed by atoms with E-state index in [1.165, 1.54) is 16.0 Å². The number of hydrogen-bond donors (Lipinski definition) is 0. The topological polar surface area (TPSA) is 33.8 Å². The first kappa shape index (κ1) is 10.1. The van der Waals surface area contributed by atoms with Crippen molar-refractivity contribution < 1.29 is 4.68 Å². The average Bonchev–Trinajstić information content (AvgIpc) is 2.39. The van der Waals surface area contributed by atoms with Crippen molar-refractivity contribution in [2.45, 2.75) is 0 Å². The van der Waals surface area contributed by atoms with Crippen LogP contribution in [0.5, 0.6) is 0 Å². The van der Waals surface area contributed by atoms with E-state index >= 15 is 0 Å². The van der Waals surface area contributed by atoms with Crippen LogP contribution in [0.1, 0.15) is 0 Å². The molecule has 0 saturated carbocycles. The van der Waals surface area contributed by atoms with E-state index in [2.05, 4.69) is 5.10 Å². The number of para-hydroxylation sites is 1. The van der Waals surface area contributed by atoms with Crippen LogP contribution in [0.25, 0.3) is 15.9 Å². The van der Waals surface area contributed by atoms with Gasteiger partial charge in [0, 0.05) is 21.9 Å². The summed E-state index contributed by atoms with van der Waals surface area (Å²) < 4.78 is 2.34. The minimum absolute atomic E-state index is 0.0742. The third-order valence-electron chi connectivity index (χ3n) is 2.44. The van der Waals surface area contributed by atoms with E-state index < -0.39 is 0 Å². The molecule has 3 nitrogen and oxygen atoms in total. The molecule has 82 valence electrons. The SMILES string of the molecule is O=c1sc2ccccc2n[n+]1-c1ccccc1. The number of nitrogens with zero attached hydrogens (tertiary/aromatic N) is 2. The van der Waals surface area contributed by atoms with Crippen LogP contribution in [0.15, 0.2) is 59.4 Å². The highest BCUT2D eigenvalue weighted by Gasteiger charge is 2.15. The Kier molecular flexibility index (Phi) is 2.42. The summed E-state index contributed by atoms with van der Waals surface area (Å²) in [5, 5.41) is 4.36. The lowest BCUT2D eigenvalue weighted by Gasteiger charge is -1.93. The molecule has 0 bridgehead atoms. The third-order valence-corrected chi connectivity index (χ3v) is 3.36. The van der Waals surface area contributed by atoms with Crippen LogP contribution in [-0.2, 0) is 0 Å².